The van der Waals surface area contributed by atoms with Gasteiger partial charge in [0.05, 0.1) is 9.79 Å². The summed E-state index contributed by atoms with van der Waals surface area (Å²) < 4.78 is 26.6. The summed E-state index contributed by atoms with van der Waals surface area (Å²) in [5.41, 5.74) is 1.89. The van der Waals surface area contributed by atoms with Crippen LogP contribution in [-0.2, 0) is 9.84 Å². The van der Waals surface area contributed by atoms with Gasteiger partial charge in [0.15, 0.2) is 0 Å². The second-order valence-corrected chi connectivity index (χ2v) is 9.38. The van der Waals surface area contributed by atoms with Crippen LogP contribution >= 0.6 is 0 Å². The molecule has 1 aromatic heterocycles. The first kappa shape index (κ1) is 18.9. The standard InChI is InChI=1S/C22H25N3O2S/c1-16-12-17(2)14-20(13-16)28(26,27)19-5-4-18-6-8-24-22(21(18)15-19)25-10-3-7-23-9-11-25/h4-6,8,12-15,23H,3,7,9-11H2,1-2H3. The minimum absolute atomic E-state index is 0.312. The summed E-state index contributed by atoms with van der Waals surface area (Å²) in [6.07, 6.45) is 2.84. The number of sulfone groups is 1. The Balaban J connectivity index is 1.83. The summed E-state index contributed by atoms with van der Waals surface area (Å²) in [4.78, 5) is 7.50. The molecule has 1 aliphatic rings. The highest BCUT2D eigenvalue weighted by Gasteiger charge is 2.21. The summed E-state index contributed by atoms with van der Waals surface area (Å²) in [5.74, 6) is 0.860. The van der Waals surface area contributed by atoms with E-state index >= 15 is 0 Å². The first-order valence-corrected chi connectivity index (χ1v) is 11.1. The van der Waals surface area contributed by atoms with Crippen LogP contribution in [0, 0.1) is 13.8 Å². The monoisotopic (exact) mass is 395 g/mol. The molecule has 146 valence electrons. The quantitative estimate of drug-likeness (QED) is 0.736. The summed E-state index contributed by atoms with van der Waals surface area (Å²) >= 11 is 0. The number of aryl methyl sites for hydroxylation is 2. The molecule has 28 heavy (non-hydrogen) atoms. The van der Waals surface area contributed by atoms with Gasteiger partial charge in [-0.05, 0) is 73.7 Å². The van der Waals surface area contributed by atoms with Gasteiger partial charge in [-0.2, -0.15) is 0 Å². The topological polar surface area (TPSA) is 62.3 Å². The van der Waals surface area contributed by atoms with Crippen LogP contribution < -0.4 is 10.2 Å². The third kappa shape index (κ3) is 3.62. The minimum atomic E-state index is -3.59. The van der Waals surface area contributed by atoms with E-state index in [9.17, 15) is 8.42 Å². The van der Waals surface area contributed by atoms with Crippen molar-refractivity contribution < 1.29 is 8.42 Å². The van der Waals surface area contributed by atoms with Crippen LogP contribution in [0.3, 0.4) is 0 Å². The number of aromatic nitrogens is 1. The van der Waals surface area contributed by atoms with Crippen molar-refractivity contribution in [3.05, 3.63) is 59.8 Å². The van der Waals surface area contributed by atoms with Crippen LogP contribution in [-0.4, -0.2) is 39.6 Å². The fourth-order valence-corrected chi connectivity index (χ4v) is 5.31. The molecule has 0 bridgehead atoms. The Labute approximate surface area is 166 Å². The highest BCUT2D eigenvalue weighted by atomic mass is 32.2. The van der Waals surface area contributed by atoms with Gasteiger partial charge in [0.2, 0.25) is 9.84 Å². The lowest BCUT2D eigenvalue weighted by Gasteiger charge is -2.22. The molecule has 1 saturated heterocycles. The zero-order chi connectivity index (χ0) is 19.7. The molecule has 0 unspecified atom stereocenters. The zero-order valence-electron chi connectivity index (χ0n) is 16.3. The van der Waals surface area contributed by atoms with E-state index in [2.05, 4.69) is 15.2 Å². The molecule has 4 rings (SSSR count). The van der Waals surface area contributed by atoms with Gasteiger partial charge in [-0.25, -0.2) is 13.4 Å². The van der Waals surface area contributed by atoms with Crippen molar-refractivity contribution in [1.82, 2.24) is 10.3 Å². The van der Waals surface area contributed by atoms with Gasteiger partial charge in [-0.15, -0.1) is 0 Å². The SMILES string of the molecule is Cc1cc(C)cc(S(=O)(=O)c2ccc3ccnc(N4CCCNCC4)c3c2)c1. The number of pyridine rings is 1. The summed E-state index contributed by atoms with van der Waals surface area (Å²) in [5, 5.41) is 5.28. The highest BCUT2D eigenvalue weighted by Crippen LogP contribution is 2.30. The van der Waals surface area contributed by atoms with Crippen LogP contribution in [0.15, 0.2) is 58.5 Å². The molecule has 0 amide bonds. The van der Waals surface area contributed by atoms with Gasteiger partial charge in [-0.3, -0.25) is 0 Å². The van der Waals surface area contributed by atoms with Crippen LogP contribution in [0.2, 0.25) is 0 Å². The maximum Gasteiger partial charge on any atom is 0.206 e. The molecule has 1 aliphatic heterocycles. The van der Waals surface area contributed by atoms with E-state index < -0.39 is 9.84 Å². The molecule has 0 aliphatic carbocycles. The number of hydrogen-bond donors (Lipinski definition) is 1. The number of nitrogens with one attached hydrogen (secondary N) is 1. The molecule has 0 radical (unpaired) electrons. The Morgan fingerprint density at radius 3 is 2.50 bits per heavy atom. The van der Waals surface area contributed by atoms with E-state index in [1.165, 1.54) is 0 Å². The van der Waals surface area contributed by atoms with Crippen molar-refractivity contribution in [2.75, 3.05) is 31.1 Å². The van der Waals surface area contributed by atoms with Crippen molar-refractivity contribution in [3.8, 4) is 0 Å². The molecule has 6 heteroatoms. The average Bonchev–Trinajstić information content (AvgIpc) is 2.95. The summed E-state index contributed by atoms with van der Waals surface area (Å²) in [6.45, 7) is 7.50. The van der Waals surface area contributed by atoms with E-state index in [-0.39, 0.29) is 0 Å². The van der Waals surface area contributed by atoms with Crippen molar-refractivity contribution >= 4 is 26.4 Å². The Morgan fingerprint density at radius 1 is 0.929 bits per heavy atom. The minimum Gasteiger partial charge on any atom is -0.355 e. The molecule has 0 spiro atoms. The van der Waals surface area contributed by atoms with Gasteiger partial charge in [0, 0.05) is 31.2 Å². The van der Waals surface area contributed by atoms with Crippen LogP contribution in [0.4, 0.5) is 5.82 Å². The van der Waals surface area contributed by atoms with Gasteiger partial charge < -0.3 is 10.2 Å². The largest absolute Gasteiger partial charge is 0.355 e. The van der Waals surface area contributed by atoms with Gasteiger partial charge in [0.1, 0.15) is 5.82 Å². The molecule has 3 aromatic rings. The number of hydrogen-bond acceptors (Lipinski definition) is 5. The van der Waals surface area contributed by atoms with Crippen LogP contribution in [0.1, 0.15) is 17.5 Å². The number of rotatable bonds is 3. The molecule has 1 N–H and O–H groups in total. The number of anilines is 1. The lowest BCUT2D eigenvalue weighted by Crippen LogP contribution is -2.28. The zero-order valence-corrected chi connectivity index (χ0v) is 17.1. The van der Waals surface area contributed by atoms with E-state index in [1.54, 1.807) is 30.5 Å². The fraction of sp³-hybridized carbons (Fsp3) is 0.318. The molecular formula is C22H25N3O2S. The lowest BCUT2D eigenvalue weighted by atomic mass is 10.1. The summed E-state index contributed by atoms with van der Waals surface area (Å²) in [6, 6.07) is 12.7. The Bertz CT molecular complexity index is 1100. The van der Waals surface area contributed by atoms with E-state index in [0.717, 1.165) is 60.3 Å². The van der Waals surface area contributed by atoms with Gasteiger partial charge in [-0.1, -0.05) is 12.1 Å². The van der Waals surface area contributed by atoms with E-state index in [4.69, 9.17) is 0 Å². The van der Waals surface area contributed by atoms with E-state index in [0.29, 0.717) is 9.79 Å². The third-order valence-corrected chi connectivity index (χ3v) is 6.90. The molecule has 0 atom stereocenters. The molecule has 2 heterocycles. The normalized spacial score (nSPS) is 15.6. The average molecular weight is 396 g/mol. The smallest absolute Gasteiger partial charge is 0.206 e. The van der Waals surface area contributed by atoms with Gasteiger partial charge >= 0.3 is 0 Å². The number of fused-ring (bicyclic) bond motifs is 1. The predicted octanol–water partition coefficient (Wildman–Crippen LogP) is 3.48. The van der Waals surface area contributed by atoms with Crippen molar-refractivity contribution in [1.29, 1.82) is 0 Å². The second kappa shape index (κ2) is 7.53. The van der Waals surface area contributed by atoms with Crippen molar-refractivity contribution in [3.63, 3.8) is 0 Å². The lowest BCUT2D eigenvalue weighted by molar-refractivity contribution is 0.596. The van der Waals surface area contributed by atoms with Crippen molar-refractivity contribution in [2.24, 2.45) is 0 Å². The van der Waals surface area contributed by atoms with Crippen LogP contribution in [0.5, 0.6) is 0 Å². The van der Waals surface area contributed by atoms with Crippen LogP contribution in [0.25, 0.3) is 10.8 Å². The third-order valence-electron chi connectivity index (χ3n) is 5.17. The first-order chi connectivity index (χ1) is 13.4. The molecule has 2 aromatic carbocycles. The molecule has 1 fully saturated rings. The molecule has 5 nitrogen and oxygen atoms in total. The maximum absolute atomic E-state index is 13.3. The fourth-order valence-electron chi connectivity index (χ4n) is 3.83. The Hall–Kier alpha value is -2.44. The number of benzene rings is 2. The second-order valence-electron chi connectivity index (χ2n) is 7.43. The molecule has 0 saturated carbocycles. The molecular weight excluding hydrogens is 370 g/mol. The van der Waals surface area contributed by atoms with Crippen molar-refractivity contribution in [2.45, 2.75) is 30.1 Å². The van der Waals surface area contributed by atoms with Gasteiger partial charge in [0.25, 0.3) is 0 Å². The first-order valence-electron chi connectivity index (χ1n) is 9.63. The van der Waals surface area contributed by atoms with E-state index in [1.807, 2.05) is 32.0 Å². The summed E-state index contributed by atoms with van der Waals surface area (Å²) in [7, 11) is -3.59. The highest BCUT2D eigenvalue weighted by molar-refractivity contribution is 7.91. The maximum atomic E-state index is 13.3. The number of nitrogens with zero attached hydrogens (tertiary/aromatic N) is 2. The Kier molecular flexibility index (Phi) is 5.08. The Morgan fingerprint density at radius 2 is 1.71 bits per heavy atom. The predicted molar refractivity (Wildman–Crippen MR) is 113 cm³/mol.